The van der Waals surface area contributed by atoms with E-state index >= 15 is 0 Å². The van der Waals surface area contributed by atoms with E-state index in [4.69, 9.17) is 9.15 Å². The molecular formula is C18H19N3O3. The number of benzene rings is 1. The molecule has 0 aliphatic rings. The van der Waals surface area contributed by atoms with E-state index < -0.39 is 0 Å². The first-order chi connectivity index (χ1) is 11.8. The molecule has 0 unspecified atom stereocenters. The molecule has 2 heterocycles. The van der Waals surface area contributed by atoms with E-state index in [-0.39, 0.29) is 11.7 Å². The number of amides is 1. The number of carbonyl (C=O) groups is 1. The number of furan rings is 1. The van der Waals surface area contributed by atoms with Crippen molar-refractivity contribution in [3.8, 4) is 11.6 Å². The van der Waals surface area contributed by atoms with Crippen molar-refractivity contribution in [1.82, 2.24) is 15.1 Å². The molecular weight excluding hydrogens is 306 g/mol. The van der Waals surface area contributed by atoms with Gasteiger partial charge in [-0.05, 0) is 37.1 Å². The molecule has 6 nitrogen and oxygen atoms in total. The summed E-state index contributed by atoms with van der Waals surface area (Å²) in [5, 5.41) is 7.16. The van der Waals surface area contributed by atoms with Gasteiger partial charge in [0.2, 0.25) is 0 Å². The van der Waals surface area contributed by atoms with Gasteiger partial charge in [-0.25, -0.2) is 4.68 Å². The van der Waals surface area contributed by atoms with Crippen molar-refractivity contribution < 1.29 is 13.9 Å². The maximum atomic E-state index is 12.0. The van der Waals surface area contributed by atoms with Crippen LogP contribution in [0.1, 0.15) is 23.0 Å². The van der Waals surface area contributed by atoms with Crippen LogP contribution in [0.5, 0.6) is 5.95 Å². The number of rotatable bonds is 7. The van der Waals surface area contributed by atoms with Crippen LogP contribution < -0.4 is 10.1 Å². The first-order valence-corrected chi connectivity index (χ1v) is 7.86. The van der Waals surface area contributed by atoms with Gasteiger partial charge in [-0.15, -0.1) is 0 Å². The Morgan fingerprint density at radius 3 is 2.88 bits per heavy atom. The SMILES string of the molecule is CCOc1ccc(C(=O)NCCc2cnn(-c3ccccc3)c2)o1. The third-order valence-electron chi connectivity index (χ3n) is 3.45. The van der Waals surface area contributed by atoms with Crippen LogP contribution in [0.25, 0.3) is 5.69 Å². The molecule has 0 atom stereocenters. The fourth-order valence-electron chi connectivity index (χ4n) is 2.28. The molecule has 1 aromatic carbocycles. The van der Waals surface area contributed by atoms with Crippen LogP contribution in [0.2, 0.25) is 0 Å². The van der Waals surface area contributed by atoms with Crippen molar-refractivity contribution in [3.05, 3.63) is 66.2 Å². The topological polar surface area (TPSA) is 69.3 Å². The van der Waals surface area contributed by atoms with Crippen molar-refractivity contribution in [2.45, 2.75) is 13.3 Å². The summed E-state index contributed by atoms with van der Waals surface area (Å²) >= 11 is 0. The minimum atomic E-state index is -0.253. The zero-order chi connectivity index (χ0) is 16.8. The Morgan fingerprint density at radius 2 is 2.08 bits per heavy atom. The minimum absolute atomic E-state index is 0.249. The monoisotopic (exact) mass is 325 g/mol. The van der Waals surface area contributed by atoms with E-state index in [9.17, 15) is 4.79 Å². The Hall–Kier alpha value is -3.02. The average Bonchev–Trinajstić information content (AvgIpc) is 3.26. The van der Waals surface area contributed by atoms with Gasteiger partial charge < -0.3 is 14.5 Å². The van der Waals surface area contributed by atoms with Gasteiger partial charge >= 0.3 is 0 Å². The van der Waals surface area contributed by atoms with Crippen LogP contribution in [0.4, 0.5) is 0 Å². The highest BCUT2D eigenvalue weighted by atomic mass is 16.6. The van der Waals surface area contributed by atoms with Gasteiger partial charge in [-0.3, -0.25) is 4.79 Å². The molecule has 0 saturated carbocycles. The standard InChI is InChI=1S/C18H19N3O3/c1-2-23-17-9-8-16(24-17)18(22)19-11-10-14-12-20-21(13-14)15-6-4-3-5-7-15/h3-9,12-13H,2,10-11H2,1H3,(H,19,22). The van der Waals surface area contributed by atoms with Gasteiger partial charge in [0.15, 0.2) is 5.76 Å². The Bertz CT molecular complexity index is 793. The lowest BCUT2D eigenvalue weighted by Gasteiger charge is -2.02. The molecule has 0 saturated heterocycles. The summed E-state index contributed by atoms with van der Waals surface area (Å²) in [4.78, 5) is 12.0. The maximum absolute atomic E-state index is 12.0. The van der Waals surface area contributed by atoms with Crippen molar-refractivity contribution in [1.29, 1.82) is 0 Å². The van der Waals surface area contributed by atoms with Gasteiger partial charge in [0.1, 0.15) is 0 Å². The van der Waals surface area contributed by atoms with Gasteiger partial charge in [0.05, 0.1) is 18.5 Å². The number of para-hydroxylation sites is 1. The first-order valence-electron chi connectivity index (χ1n) is 7.86. The highest BCUT2D eigenvalue weighted by molar-refractivity contribution is 5.91. The normalized spacial score (nSPS) is 10.5. The van der Waals surface area contributed by atoms with Crippen LogP contribution in [-0.4, -0.2) is 28.8 Å². The van der Waals surface area contributed by atoms with Crippen molar-refractivity contribution >= 4 is 5.91 Å². The highest BCUT2D eigenvalue weighted by Crippen LogP contribution is 2.15. The fraction of sp³-hybridized carbons (Fsp3) is 0.222. The summed E-state index contributed by atoms with van der Waals surface area (Å²) in [6.07, 6.45) is 4.46. The Morgan fingerprint density at radius 1 is 1.25 bits per heavy atom. The van der Waals surface area contributed by atoms with E-state index in [2.05, 4.69) is 10.4 Å². The molecule has 2 aromatic heterocycles. The van der Waals surface area contributed by atoms with Gasteiger partial charge in [0.25, 0.3) is 11.9 Å². The van der Waals surface area contributed by atoms with Crippen LogP contribution in [0, 0.1) is 0 Å². The molecule has 0 aliphatic heterocycles. The van der Waals surface area contributed by atoms with Crippen molar-refractivity contribution in [2.24, 2.45) is 0 Å². The molecule has 6 heteroatoms. The first kappa shape index (κ1) is 15.9. The second-order valence-electron chi connectivity index (χ2n) is 5.19. The van der Waals surface area contributed by atoms with Gasteiger partial charge in [-0.2, -0.15) is 5.10 Å². The average molecular weight is 325 g/mol. The number of aromatic nitrogens is 2. The number of nitrogens with zero attached hydrogens (tertiary/aromatic N) is 2. The lowest BCUT2D eigenvalue weighted by Crippen LogP contribution is -2.25. The molecule has 1 amide bonds. The zero-order valence-corrected chi connectivity index (χ0v) is 13.4. The van der Waals surface area contributed by atoms with E-state index in [1.54, 1.807) is 18.3 Å². The fourth-order valence-corrected chi connectivity index (χ4v) is 2.28. The van der Waals surface area contributed by atoms with E-state index in [1.807, 2.05) is 48.1 Å². The zero-order valence-electron chi connectivity index (χ0n) is 13.4. The number of carbonyl (C=O) groups excluding carboxylic acids is 1. The second kappa shape index (κ2) is 7.50. The van der Waals surface area contributed by atoms with Crippen LogP contribution in [0.3, 0.4) is 0 Å². The minimum Gasteiger partial charge on any atom is -0.465 e. The molecule has 0 spiro atoms. The number of nitrogens with one attached hydrogen (secondary N) is 1. The molecule has 0 radical (unpaired) electrons. The lowest BCUT2D eigenvalue weighted by molar-refractivity contribution is 0.0918. The molecule has 0 fully saturated rings. The predicted octanol–water partition coefficient (Wildman–Crippen LogP) is 2.84. The third-order valence-corrected chi connectivity index (χ3v) is 3.45. The van der Waals surface area contributed by atoms with E-state index in [1.165, 1.54) is 0 Å². The molecule has 0 bridgehead atoms. The summed E-state index contributed by atoms with van der Waals surface area (Å²) in [5.74, 6) is 0.349. The second-order valence-corrected chi connectivity index (χ2v) is 5.19. The Balaban J connectivity index is 1.51. The Labute approximate surface area is 140 Å². The Kier molecular flexibility index (Phi) is 4.96. The summed E-state index contributed by atoms with van der Waals surface area (Å²) in [6.45, 7) is 2.86. The largest absolute Gasteiger partial charge is 0.465 e. The molecule has 3 rings (SSSR count). The number of hydrogen-bond donors (Lipinski definition) is 1. The van der Waals surface area contributed by atoms with Crippen molar-refractivity contribution in [3.63, 3.8) is 0 Å². The summed E-state index contributed by atoms with van der Waals surface area (Å²) in [6, 6.07) is 13.1. The predicted molar refractivity (Wildman–Crippen MR) is 89.5 cm³/mol. The highest BCUT2D eigenvalue weighted by Gasteiger charge is 2.11. The molecule has 24 heavy (non-hydrogen) atoms. The molecule has 3 aromatic rings. The van der Waals surface area contributed by atoms with Crippen LogP contribution in [-0.2, 0) is 6.42 Å². The lowest BCUT2D eigenvalue weighted by atomic mass is 10.2. The number of hydrogen-bond acceptors (Lipinski definition) is 4. The maximum Gasteiger partial charge on any atom is 0.287 e. The summed E-state index contributed by atoms with van der Waals surface area (Å²) < 4.78 is 12.3. The molecule has 124 valence electrons. The third kappa shape index (κ3) is 3.84. The number of ether oxygens (including phenoxy) is 1. The van der Waals surface area contributed by atoms with E-state index in [0.717, 1.165) is 11.3 Å². The smallest absolute Gasteiger partial charge is 0.287 e. The van der Waals surface area contributed by atoms with Gasteiger partial charge in [-0.1, -0.05) is 18.2 Å². The van der Waals surface area contributed by atoms with Crippen LogP contribution in [0.15, 0.2) is 59.3 Å². The molecule has 0 aliphatic carbocycles. The van der Waals surface area contributed by atoms with Gasteiger partial charge in [0, 0.05) is 18.8 Å². The van der Waals surface area contributed by atoms with Crippen molar-refractivity contribution in [2.75, 3.05) is 13.2 Å². The van der Waals surface area contributed by atoms with Crippen LogP contribution >= 0.6 is 0 Å². The summed E-state index contributed by atoms with van der Waals surface area (Å²) in [7, 11) is 0. The quantitative estimate of drug-likeness (QED) is 0.725. The molecule has 1 N–H and O–H groups in total. The van der Waals surface area contributed by atoms with E-state index in [0.29, 0.717) is 25.5 Å². The summed E-state index contributed by atoms with van der Waals surface area (Å²) in [5.41, 5.74) is 2.06.